The van der Waals surface area contributed by atoms with E-state index in [1.54, 1.807) is 36.0 Å². The summed E-state index contributed by atoms with van der Waals surface area (Å²) >= 11 is 7.55. The maximum absolute atomic E-state index is 10.7. The highest BCUT2D eigenvalue weighted by atomic mass is 35.5. The van der Waals surface area contributed by atoms with Gasteiger partial charge in [0.1, 0.15) is 16.7 Å². The van der Waals surface area contributed by atoms with E-state index in [2.05, 4.69) is 16.8 Å². The first-order valence-corrected chi connectivity index (χ1v) is 13.6. The molecule has 0 atom stereocenters. The molecule has 39 heavy (non-hydrogen) atoms. The van der Waals surface area contributed by atoms with Crippen LogP contribution in [-0.4, -0.2) is 66.0 Å². The Hall–Kier alpha value is -3.84. The Labute approximate surface area is 237 Å². The average Bonchev–Trinajstić information content (AvgIpc) is 3.16. The summed E-state index contributed by atoms with van der Waals surface area (Å²) in [5.74, 6) is 7.10. The molecule has 0 radical (unpaired) electrons. The van der Waals surface area contributed by atoms with E-state index in [1.807, 2.05) is 43.3 Å². The number of morpholine rings is 1. The SMILES string of the molecule is CC(=N)N1C(=N)CN=C(c2ccc(Cl)cc2)c2c1sc(C#Cc1cccnc1)c2C.CC(=O)N1CCOCC1. The van der Waals surface area contributed by atoms with E-state index in [0.29, 0.717) is 18.2 Å². The lowest BCUT2D eigenvalue weighted by Crippen LogP contribution is -2.39. The van der Waals surface area contributed by atoms with E-state index in [4.69, 9.17) is 32.1 Å². The van der Waals surface area contributed by atoms with E-state index >= 15 is 0 Å². The van der Waals surface area contributed by atoms with Crippen LogP contribution in [0.5, 0.6) is 0 Å². The Morgan fingerprint density at radius 3 is 2.44 bits per heavy atom. The van der Waals surface area contributed by atoms with Gasteiger partial charge in [-0.3, -0.25) is 30.5 Å². The molecular formula is C29H29ClN6O2S. The van der Waals surface area contributed by atoms with Gasteiger partial charge in [0.25, 0.3) is 0 Å². The fourth-order valence-corrected chi connectivity index (χ4v) is 5.49. The van der Waals surface area contributed by atoms with Gasteiger partial charge in [-0.15, -0.1) is 11.3 Å². The molecule has 2 aromatic heterocycles. The lowest BCUT2D eigenvalue weighted by Gasteiger charge is -2.25. The Morgan fingerprint density at radius 2 is 1.85 bits per heavy atom. The van der Waals surface area contributed by atoms with Crippen molar-refractivity contribution in [3.63, 3.8) is 0 Å². The first-order chi connectivity index (χ1) is 18.8. The number of nitrogens with zero attached hydrogens (tertiary/aromatic N) is 4. The second-order valence-electron chi connectivity index (χ2n) is 8.89. The molecule has 10 heteroatoms. The van der Waals surface area contributed by atoms with Crippen molar-refractivity contribution < 1.29 is 9.53 Å². The number of nitrogens with one attached hydrogen (secondary N) is 2. The number of amides is 1. The fraction of sp³-hybridized carbons (Fsp3) is 0.276. The van der Waals surface area contributed by atoms with Gasteiger partial charge in [-0.25, -0.2) is 0 Å². The number of carbonyl (C=O) groups is 1. The zero-order chi connectivity index (χ0) is 27.9. The molecule has 8 nitrogen and oxygen atoms in total. The molecule has 0 unspecified atom stereocenters. The van der Waals surface area contributed by atoms with Crippen molar-refractivity contribution in [2.75, 3.05) is 37.7 Å². The molecule has 200 valence electrons. The third kappa shape index (κ3) is 6.79. The van der Waals surface area contributed by atoms with Crippen molar-refractivity contribution in [1.29, 1.82) is 10.8 Å². The molecule has 2 aliphatic heterocycles. The summed E-state index contributed by atoms with van der Waals surface area (Å²) in [6, 6.07) is 11.3. The second kappa shape index (κ2) is 12.8. The van der Waals surface area contributed by atoms with Crippen molar-refractivity contribution in [2.24, 2.45) is 4.99 Å². The number of thiophene rings is 1. The second-order valence-corrected chi connectivity index (χ2v) is 10.3. The smallest absolute Gasteiger partial charge is 0.219 e. The number of halogens is 1. The zero-order valence-corrected chi connectivity index (χ0v) is 23.6. The van der Waals surface area contributed by atoms with Crippen LogP contribution in [-0.2, 0) is 9.53 Å². The minimum absolute atomic E-state index is 0.151. The number of ether oxygens (including phenoxy) is 1. The maximum Gasteiger partial charge on any atom is 0.219 e. The third-order valence-electron chi connectivity index (χ3n) is 6.12. The van der Waals surface area contributed by atoms with E-state index in [0.717, 1.165) is 50.9 Å². The summed E-state index contributed by atoms with van der Waals surface area (Å²) in [5.41, 5.74) is 4.44. The van der Waals surface area contributed by atoms with Gasteiger partial charge in [0, 0.05) is 54.1 Å². The normalized spacial score (nSPS) is 14.7. The number of fused-ring (bicyclic) bond motifs is 1. The Kier molecular flexibility index (Phi) is 9.25. The number of amidine groups is 2. The van der Waals surface area contributed by atoms with E-state index in [9.17, 15) is 4.79 Å². The number of rotatable bonds is 1. The van der Waals surface area contributed by atoms with Crippen LogP contribution in [0.1, 0.15) is 41.0 Å². The molecule has 1 saturated heterocycles. The molecule has 0 aliphatic carbocycles. The molecule has 3 aromatic rings. The van der Waals surface area contributed by atoms with Crippen LogP contribution in [0.3, 0.4) is 0 Å². The molecule has 2 aliphatic rings. The van der Waals surface area contributed by atoms with Crippen LogP contribution in [0.15, 0.2) is 53.8 Å². The summed E-state index contributed by atoms with van der Waals surface area (Å²) in [4.78, 5) is 23.8. The van der Waals surface area contributed by atoms with Crippen LogP contribution >= 0.6 is 22.9 Å². The summed E-state index contributed by atoms with van der Waals surface area (Å²) in [7, 11) is 0. The molecule has 5 rings (SSSR count). The lowest BCUT2D eigenvalue weighted by molar-refractivity contribution is -0.132. The van der Waals surface area contributed by atoms with Gasteiger partial charge in [-0.1, -0.05) is 35.6 Å². The number of hydrogen-bond donors (Lipinski definition) is 2. The molecular weight excluding hydrogens is 532 g/mol. The van der Waals surface area contributed by atoms with Gasteiger partial charge in [0.15, 0.2) is 0 Å². The van der Waals surface area contributed by atoms with Crippen LogP contribution in [0.4, 0.5) is 5.00 Å². The molecule has 4 heterocycles. The molecule has 0 bridgehead atoms. The van der Waals surface area contributed by atoms with Crippen molar-refractivity contribution in [1.82, 2.24) is 9.88 Å². The quantitative estimate of drug-likeness (QED) is 0.248. The highest BCUT2D eigenvalue weighted by Gasteiger charge is 2.29. The van der Waals surface area contributed by atoms with Gasteiger partial charge in [-0.05, 0) is 43.7 Å². The predicted molar refractivity (Wildman–Crippen MR) is 158 cm³/mol. The van der Waals surface area contributed by atoms with Crippen molar-refractivity contribution in [3.05, 3.63) is 80.9 Å². The first-order valence-electron chi connectivity index (χ1n) is 12.4. The topological polar surface area (TPSA) is 106 Å². The summed E-state index contributed by atoms with van der Waals surface area (Å²) in [6.07, 6.45) is 3.44. The van der Waals surface area contributed by atoms with Crippen molar-refractivity contribution >= 4 is 51.2 Å². The summed E-state index contributed by atoms with van der Waals surface area (Å²) in [6.45, 7) is 8.39. The highest BCUT2D eigenvalue weighted by molar-refractivity contribution is 7.17. The monoisotopic (exact) mass is 560 g/mol. The van der Waals surface area contributed by atoms with Crippen molar-refractivity contribution in [3.8, 4) is 11.8 Å². The molecule has 1 amide bonds. The molecule has 1 aromatic carbocycles. The van der Waals surface area contributed by atoms with E-state index < -0.39 is 0 Å². The minimum atomic E-state index is 0.151. The largest absolute Gasteiger partial charge is 0.378 e. The van der Waals surface area contributed by atoms with Crippen LogP contribution in [0.25, 0.3) is 0 Å². The zero-order valence-electron chi connectivity index (χ0n) is 22.0. The maximum atomic E-state index is 10.7. The number of benzene rings is 1. The number of pyridine rings is 1. The van der Waals surface area contributed by atoms with Gasteiger partial charge >= 0.3 is 0 Å². The van der Waals surface area contributed by atoms with Crippen molar-refractivity contribution in [2.45, 2.75) is 20.8 Å². The molecule has 2 N–H and O–H groups in total. The number of carbonyl (C=O) groups excluding carboxylic acids is 1. The average molecular weight is 561 g/mol. The third-order valence-corrected chi connectivity index (χ3v) is 7.56. The number of aliphatic imine (C=N–C) groups is 1. The fourth-order valence-electron chi connectivity index (χ4n) is 4.12. The number of aromatic nitrogens is 1. The van der Waals surface area contributed by atoms with Gasteiger partial charge in [-0.2, -0.15) is 0 Å². The predicted octanol–water partition coefficient (Wildman–Crippen LogP) is 5.00. The number of hydrogen-bond acceptors (Lipinski definition) is 7. The minimum Gasteiger partial charge on any atom is -0.378 e. The summed E-state index contributed by atoms with van der Waals surface area (Å²) < 4.78 is 5.06. The lowest BCUT2D eigenvalue weighted by atomic mass is 9.99. The molecule has 0 saturated carbocycles. The standard InChI is InChI=1S/C23H18ClN5S.C6H11NO2/c1-14-19(10-5-16-4-3-11-27-12-16)30-23-21(14)22(17-6-8-18(24)9-7-17)28-13-20(26)29(23)15(2)25;1-6(8)7-2-4-9-5-3-7/h3-4,6-9,11-12,25-26H,13H2,1-2H3;2-5H2,1H3. The number of anilines is 1. The molecule has 0 spiro atoms. The van der Waals surface area contributed by atoms with Gasteiger partial charge in [0.05, 0.1) is 30.3 Å². The van der Waals surface area contributed by atoms with Crippen LogP contribution in [0, 0.1) is 29.6 Å². The van der Waals surface area contributed by atoms with E-state index in [-0.39, 0.29) is 24.1 Å². The van der Waals surface area contributed by atoms with Crippen LogP contribution in [0.2, 0.25) is 5.02 Å². The Morgan fingerprint density at radius 1 is 1.13 bits per heavy atom. The van der Waals surface area contributed by atoms with E-state index in [1.165, 1.54) is 11.3 Å². The van der Waals surface area contributed by atoms with Gasteiger partial charge in [0.2, 0.25) is 5.91 Å². The Balaban J connectivity index is 0.000000333. The highest BCUT2D eigenvalue weighted by Crippen LogP contribution is 2.39. The van der Waals surface area contributed by atoms with Crippen LogP contribution < -0.4 is 4.90 Å². The van der Waals surface area contributed by atoms with Gasteiger partial charge < -0.3 is 9.64 Å². The first kappa shape index (κ1) is 28.2. The summed E-state index contributed by atoms with van der Waals surface area (Å²) in [5, 5.41) is 18.2. The Bertz CT molecular complexity index is 1470. The molecule has 1 fully saturated rings.